The lowest BCUT2D eigenvalue weighted by Crippen LogP contribution is -2.32. The van der Waals surface area contributed by atoms with Crippen LogP contribution in [0.1, 0.15) is 25.0 Å². The van der Waals surface area contributed by atoms with Crippen LogP contribution in [0.5, 0.6) is 5.75 Å². The van der Waals surface area contributed by atoms with Gasteiger partial charge in [-0.1, -0.05) is 19.1 Å². The van der Waals surface area contributed by atoms with Crippen LogP contribution in [0.15, 0.2) is 24.3 Å². The zero-order chi connectivity index (χ0) is 14.5. The van der Waals surface area contributed by atoms with Crippen molar-refractivity contribution in [3.05, 3.63) is 29.8 Å². The van der Waals surface area contributed by atoms with Crippen molar-refractivity contribution >= 4 is 0 Å². The van der Waals surface area contributed by atoms with Crippen LogP contribution in [0, 0.1) is 0 Å². The highest BCUT2D eigenvalue weighted by Crippen LogP contribution is 2.27. The van der Waals surface area contributed by atoms with Crippen molar-refractivity contribution < 1.29 is 22.6 Å². The first-order chi connectivity index (χ1) is 8.87. The van der Waals surface area contributed by atoms with Crippen molar-refractivity contribution in [2.24, 2.45) is 5.73 Å². The molecule has 0 spiro atoms. The molecular weight excluding hydrogens is 259 g/mol. The van der Waals surface area contributed by atoms with Gasteiger partial charge in [-0.2, -0.15) is 13.2 Å². The average Bonchev–Trinajstić information content (AvgIpc) is 2.37. The van der Waals surface area contributed by atoms with Crippen molar-refractivity contribution in [1.82, 2.24) is 0 Å². The third kappa shape index (κ3) is 5.08. The number of rotatable bonds is 6. The fourth-order valence-corrected chi connectivity index (χ4v) is 1.68. The number of benzene rings is 1. The molecular formula is C13H18F3NO2. The molecule has 2 atom stereocenters. The highest BCUT2D eigenvalue weighted by Gasteiger charge is 2.31. The van der Waals surface area contributed by atoms with Gasteiger partial charge in [-0.3, -0.25) is 0 Å². The Morgan fingerprint density at radius 1 is 1.32 bits per heavy atom. The molecule has 19 heavy (non-hydrogen) atoms. The summed E-state index contributed by atoms with van der Waals surface area (Å²) in [4.78, 5) is 0. The molecule has 1 rings (SSSR count). The molecule has 0 saturated carbocycles. The van der Waals surface area contributed by atoms with Crippen molar-refractivity contribution in [3.63, 3.8) is 0 Å². The molecule has 2 N–H and O–H groups in total. The molecule has 0 aromatic heterocycles. The molecule has 2 unspecified atom stereocenters. The van der Waals surface area contributed by atoms with Crippen molar-refractivity contribution in [3.8, 4) is 5.75 Å². The fraction of sp³-hybridized carbons (Fsp3) is 0.538. The number of ether oxygens (including phenoxy) is 2. The van der Waals surface area contributed by atoms with Crippen LogP contribution < -0.4 is 10.5 Å². The van der Waals surface area contributed by atoms with Gasteiger partial charge >= 0.3 is 6.18 Å². The zero-order valence-electron chi connectivity index (χ0n) is 10.9. The molecule has 0 aliphatic carbocycles. The number of halogens is 3. The predicted octanol–water partition coefficient (Wildman–Crippen LogP) is 3.05. The van der Waals surface area contributed by atoms with E-state index in [9.17, 15) is 13.2 Å². The van der Waals surface area contributed by atoms with Crippen LogP contribution in [0.2, 0.25) is 0 Å². The zero-order valence-corrected chi connectivity index (χ0v) is 10.9. The minimum atomic E-state index is -4.37. The summed E-state index contributed by atoms with van der Waals surface area (Å²) in [6, 6.07) is 6.22. The smallest absolute Gasteiger partial charge is 0.411 e. The summed E-state index contributed by atoms with van der Waals surface area (Å²) in [5.74, 6) is 0.557. The van der Waals surface area contributed by atoms with Crippen LogP contribution in [-0.4, -0.2) is 25.9 Å². The number of hydrogen-bond acceptors (Lipinski definition) is 3. The van der Waals surface area contributed by atoms with Gasteiger partial charge in [0.15, 0.2) is 0 Å². The van der Waals surface area contributed by atoms with E-state index in [1.54, 1.807) is 31.2 Å². The van der Waals surface area contributed by atoms with E-state index < -0.39 is 24.9 Å². The number of methoxy groups -OCH3 is 1. The van der Waals surface area contributed by atoms with Gasteiger partial charge in [0.25, 0.3) is 0 Å². The molecule has 0 saturated heterocycles. The highest BCUT2D eigenvalue weighted by molar-refractivity contribution is 5.30. The Balaban J connectivity index is 2.89. The SMILES string of the molecule is CCC(N)C(OCC(F)(F)F)c1cccc(OC)c1. The number of alkyl halides is 3. The maximum atomic E-state index is 12.3. The Morgan fingerprint density at radius 2 is 2.00 bits per heavy atom. The monoisotopic (exact) mass is 277 g/mol. The van der Waals surface area contributed by atoms with E-state index in [4.69, 9.17) is 15.2 Å². The summed E-state index contributed by atoms with van der Waals surface area (Å²) >= 11 is 0. The molecule has 0 fully saturated rings. The molecule has 3 nitrogen and oxygen atoms in total. The summed E-state index contributed by atoms with van der Waals surface area (Å²) in [6.07, 6.45) is -4.66. The van der Waals surface area contributed by atoms with Crippen molar-refractivity contribution in [1.29, 1.82) is 0 Å². The minimum absolute atomic E-state index is 0.505. The van der Waals surface area contributed by atoms with E-state index in [2.05, 4.69) is 0 Å². The van der Waals surface area contributed by atoms with Gasteiger partial charge in [0.2, 0.25) is 0 Å². The van der Waals surface area contributed by atoms with Crippen LogP contribution in [-0.2, 0) is 4.74 Å². The molecule has 0 radical (unpaired) electrons. The second kappa shape index (κ2) is 6.77. The number of nitrogens with two attached hydrogens (primary N) is 1. The summed E-state index contributed by atoms with van der Waals surface area (Å²) in [6.45, 7) is 0.483. The first kappa shape index (κ1) is 15.8. The molecule has 0 amide bonds. The Bertz CT molecular complexity index is 396. The van der Waals surface area contributed by atoms with Crippen molar-refractivity contribution in [2.75, 3.05) is 13.7 Å². The lowest BCUT2D eigenvalue weighted by molar-refractivity contribution is -0.188. The Morgan fingerprint density at radius 3 is 2.53 bits per heavy atom. The largest absolute Gasteiger partial charge is 0.497 e. The second-order valence-corrected chi connectivity index (χ2v) is 4.20. The van der Waals surface area contributed by atoms with Crippen LogP contribution in [0.3, 0.4) is 0 Å². The standard InChI is InChI=1S/C13H18F3NO2/c1-3-11(17)12(19-8-13(14,15)16)9-5-4-6-10(7-9)18-2/h4-7,11-12H,3,8,17H2,1-2H3. The lowest BCUT2D eigenvalue weighted by Gasteiger charge is -2.24. The van der Waals surface area contributed by atoms with Crippen LogP contribution in [0.25, 0.3) is 0 Å². The third-order valence-corrected chi connectivity index (χ3v) is 2.71. The van der Waals surface area contributed by atoms with Crippen LogP contribution in [0.4, 0.5) is 13.2 Å². The molecule has 1 aromatic carbocycles. The van der Waals surface area contributed by atoms with E-state index >= 15 is 0 Å². The third-order valence-electron chi connectivity index (χ3n) is 2.71. The van der Waals surface area contributed by atoms with Gasteiger partial charge in [0, 0.05) is 6.04 Å². The van der Waals surface area contributed by atoms with Gasteiger partial charge in [-0.05, 0) is 24.1 Å². The molecule has 1 aromatic rings. The Hall–Kier alpha value is -1.27. The topological polar surface area (TPSA) is 44.5 Å². The maximum absolute atomic E-state index is 12.3. The lowest BCUT2D eigenvalue weighted by atomic mass is 10.0. The minimum Gasteiger partial charge on any atom is -0.497 e. The average molecular weight is 277 g/mol. The molecule has 6 heteroatoms. The van der Waals surface area contributed by atoms with Crippen molar-refractivity contribution in [2.45, 2.75) is 31.7 Å². The summed E-state index contributed by atoms with van der Waals surface area (Å²) < 4.78 is 46.7. The molecule has 108 valence electrons. The van der Waals surface area contributed by atoms with E-state index in [0.717, 1.165) is 0 Å². The molecule has 0 heterocycles. The maximum Gasteiger partial charge on any atom is 0.411 e. The predicted molar refractivity (Wildman–Crippen MR) is 66.0 cm³/mol. The first-order valence-electron chi connectivity index (χ1n) is 5.95. The Labute approximate surface area is 110 Å². The number of hydrogen-bond donors (Lipinski definition) is 1. The molecule has 0 bridgehead atoms. The summed E-state index contributed by atoms with van der Waals surface area (Å²) in [7, 11) is 1.49. The first-order valence-corrected chi connectivity index (χ1v) is 5.95. The summed E-state index contributed by atoms with van der Waals surface area (Å²) in [5.41, 5.74) is 6.42. The Kier molecular flexibility index (Phi) is 5.62. The summed E-state index contributed by atoms with van der Waals surface area (Å²) in [5, 5.41) is 0. The van der Waals surface area contributed by atoms with Gasteiger partial charge in [0.05, 0.1) is 13.2 Å². The quantitative estimate of drug-likeness (QED) is 0.869. The second-order valence-electron chi connectivity index (χ2n) is 4.20. The van der Waals surface area contributed by atoms with Crippen LogP contribution >= 0.6 is 0 Å². The van der Waals surface area contributed by atoms with Gasteiger partial charge in [-0.25, -0.2) is 0 Å². The van der Waals surface area contributed by atoms with E-state index in [-0.39, 0.29) is 0 Å². The van der Waals surface area contributed by atoms with Gasteiger partial charge in [0.1, 0.15) is 12.4 Å². The fourth-order valence-electron chi connectivity index (χ4n) is 1.68. The van der Waals surface area contributed by atoms with E-state index in [1.807, 2.05) is 0 Å². The van der Waals surface area contributed by atoms with E-state index in [1.165, 1.54) is 7.11 Å². The van der Waals surface area contributed by atoms with Gasteiger partial charge < -0.3 is 15.2 Å². The molecule has 0 aliphatic heterocycles. The molecule has 0 aliphatic rings. The normalized spacial score (nSPS) is 15.1. The van der Waals surface area contributed by atoms with Gasteiger partial charge in [-0.15, -0.1) is 0 Å². The van der Waals surface area contributed by atoms with E-state index in [0.29, 0.717) is 17.7 Å². The highest BCUT2D eigenvalue weighted by atomic mass is 19.4.